The minimum Gasteiger partial charge on any atom is -0.508 e. The highest BCUT2D eigenvalue weighted by molar-refractivity contribution is 6.51. The van der Waals surface area contributed by atoms with Crippen molar-refractivity contribution in [3.63, 3.8) is 0 Å². The lowest BCUT2D eigenvalue weighted by Gasteiger charge is -2.39. The smallest absolute Gasteiger partial charge is 0.318 e. The zero-order valence-electron chi connectivity index (χ0n) is 25.7. The van der Waals surface area contributed by atoms with Gasteiger partial charge in [-0.2, -0.15) is 9.97 Å². The first-order valence-corrected chi connectivity index (χ1v) is 14.9. The van der Waals surface area contributed by atoms with E-state index in [4.69, 9.17) is 19.7 Å². The van der Waals surface area contributed by atoms with Gasteiger partial charge in [-0.1, -0.05) is 26.0 Å². The fraction of sp³-hybridized carbons (Fsp3) is 0.441. The molecule has 7 nitrogen and oxygen atoms in total. The topological polar surface area (TPSA) is 91.1 Å². The van der Waals surface area contributed by atoms with Crippen molar-refractivity contribution >= 4 is 39.0 Å². The number of allylic oxidation sites excluding steroid dienone is 4. The van der Waals surface area contributed by atoms with Crippen LogP contribution in [0.1, 0.15) is 83.2 Å². The first-order chi connectivity index (χ1) is 20.0. The van der Waals surface area contributed by atoms with Crippen molar-refractivity contribution in [1.82, 2.24) is 9.97 Å². The van der Waals surface area contributed by atoms with Gasteiger partial charge in [0.1, 0.15) is 17.4 Å². The minimum absolute atomic E-state index is 0.00333. The predicted octanol–water partition coefficient (Wildman–Crippen LogP) is 6.98. The molecule has 1 aliphatic heterocycles. The molecule has 0 radical (unpaired) electrons. The van der Waals surface area contributed by atoms with Gasteiger partial charge in [0.2, 0.25) is 0 Å². The second-order valence-corrected chi connectivity index (χ2v) is 11.7. The van der Waals surface area contributed by atoms with Crippen molar-refractivity contribution in [2.75, 3.05) is 25.1 Å². The molecule has 1 saturated heterocycles. The number of aromatic hydroxyl groups is 1. The molecule has 3 aromatic rings. The largest absolute Gasteiger partial charge is 0.508 e. The molecule has 2 N–H and O–H groups in total. The Hall–Kier alpha value is -3.78. The molecule has 1 aliphatic carbocycles. The Labute approximate surface area is 247 Å². The zero-order valence-corrected chi connectivity index (χ0v) is 25.7. The second kappa shape index (κ2) is 11.5. The molecule has 1 fully saturated rings. The summed E-state index contributed by atoms with van der Waals surface area (Å²) in [6, 6.07) is 6.80. The number of phenols is 1. The zero-order chi connectivity index (χ0) is 30.3. The van der Waals surface area contributed by atoms with Gasteiger partial charge in [0.15, 0.2) is 0 Å². The molecule has 2 aromatic carbocycles. The van der Waals surface area contributed by atoms with Crippen LogP contribution < -0.4 is 9.64 Å². The monoisotopic (exact) mass is 572 g/mol. The van der Waals surface area contributed by atoms with Crippen molar-refractivity contribution in [3.8, 4) is 11.8 Å². The Morgan fingerprint density at radius 2 is 2.00 bits per heavy atom. The molecule has 2 aliphatic rings. The van der Waals surface area contributed by atoms with Gasteiger partial charge >= 0.3 is 6.01 Å². The van der Waals surface area contributed by atoms with E-state index < -0.39 is 5.60 Å². The fourth-order valence-corrected chi connectivity index (χ4v) is 6.32. The molecule has 8 heteroatoms. The molecule has 1 aromatic heterocycles. The van der Waals surface area contributed by atoms with Crippen LogP contribution in [0, 0.1) is 5.82 Å². The van der Waals surface area contributed by atoms with Gasteiger partial charge in [-0.15, -0.1) is 0 Å². The minimum atomic E-state index is -0.848. The first-order valence-electron chi connectivity index (χ1n) is 14.9. The van der Waals surface area contributed by atoms with Gasteiger partial charge in [-0.25, -0.2) is 4.39 Å². The third kappa shape index (κ3) is 5.17. The highest BCUT2D eigenvalue weighted by atomic mass is 19.1. The molecule has 2 unspecified atom stereocenters. The van der Waals surface area contributed by atoms with E-state index in [0.29, 0.717) is 35.6 Å². The van der Waals surface area contributed by atoms with Crippen LogP contribution in [0.3, 0.4) is 0 Å². The number of methoxy groups -OCH3 is 1. The average molecular weight is 573 g/mol. The number of rotatable bonds is 6. The Balaban J connectivity index is 1.92. The lowest BCUT2D eigenvalue weighted by Crippen LogP contribution is -2.47. The third-order valence-corrected chi connectivity index (χ3v) is 8.52. The van der Waals surface area contributed by atoms with Crippen LogP contribution in [0.15, 0.2) is 35.3 Å². The summed E-state index contributed by atoms with van der Waals surface area (Å²) in [7, 11) is 1.55. The van der Waals surface area contributed by atoms with Gasteiger partial charge < -0.3 is 19.8 Å². The van der Waals surface area contributed by atoms with Crippen LogP contribution in [-0.4, -0.2) is 57.7 Å². The molecular weight excluding hydrogens is 531 g/mol. The standard InChI is InChI=1S/C34H41FN4O3/c1-8-19(4)36-31-24(10-3)29-30(37-33(42-7)38-32(29)39-15-11-14-34(6,41)18-39)20(5)27(31)25-17-22(40)16-21-12-13-26(35)23(9-2)28(21)25/h10,12-13,16-17,19,40-41H,8-9,11,14-15,18H2,1-7H3/b24-10-,36-31?. The summed E-state index contributed by atoms with van der Waals surface area (Å²) in [5.41, 5.74) is 5.24. The van der Waals surface area contributed by atoms with Gasteiger partial charge in [0, 0.05) is 30.3 Å². The van der Waals surface area contributed by atoms with E-state index in [9.17, 15) is 10.2 Å². The van der Waals surface area contributed by atoms with Crippen molar-refractivity contribution in [3.05, 3.63) is 58.5 Å². The van der Waals surface area contributed by atoms with Crippen LogP contribution in [0.2, 0.25) is 0 Å². The van der Waals surface area contributed by atoms with Gasteiger partial charge in [0.25, 0.3) is 0 Å². The summed E-state index contributed by atoms with van der Waals surface area (Å²) in [6.07, 6.45) is 4.90. The summed E-state index contributed by atoms with van der Waals surface area (Å²) < 4.78 is 20.8. The van der Waals surface area contributed by atoms with Crippen LogP contribution in [-0.2, 0) is 6.42 Å². The Morgan fingerprint density at radius 3 is 2.64 bits per heavy atom. The molecule has 0 saturated carbocycles. The maximum Gasteiger partial charge on any atom is 0.318 e. The fourth-order valence-electron chi connectivity index (χ4n) is 6.32. The Kier molecular flexibility index (Phi) is 8.12. The third-order valence-electron chi connectivity index (χ3n) is 8.52. The molecule has 42 heavy (non-hydrogen) atoms. The highest BCUT2D eigenvalue weighted by Gasteiger charge is 2.37. The van der Waals surface area contributed by atoms with E-state index in [2.05, 4.69) is 18.7 Å². The Bertz CT molecular complexity index is 1640. The number of aliphatic imine (C=N–C) groups is 1. The maximum atomic E-state index is 15.2. The molecule has 5 rings (SSSR count). The molecule has 0 amide bonds. The number of ether oxygens (including phenoxy) is 1. The van der Waals surface area contributed by atoms with E-state index in [0.717, 1.165) is 64.6 Å². The SMILES string of the molecule is C/C=C1\C(=NC(C)CC)C(c2cc(O)cc3ccc(F)c(CC)c23)=C(C)c2nc(OC)nc(N3CCCC(C)(O)C3)c21. The number of halogens is 1. The van der Waals surface area contributed by atoms with E-state index >= 15 is 4.39 Å². The lowest BCUT2D eigenvalue weighted by molar-refractivity contribution is 0.0446. The number of fused-ring (bicyclic) bond motifs is 2. The predicted molar refractivity (Wildman–Crippen MR) is 169 cm³/mol. The van der Waals surface area contributed by atoms with Crippen LogP contribution >= 0.6 is 0 Å². The Morgan fingerprint density at radius 1 is 1.24 bits per heavy atom. The molecule has 0 spiro atoms. The number of aliphatic hydroxyl groups is 1. The van der Waals surface area contributed by atoms with Crippen molar-refractivity contribution < 1.29 is 19.3 Å². The lowest BCUT2D eigenvalue weighted by atomic mass is 9.78. The second-order valence-electron chi connectivity index (χ2n) is 11.7. The number of phenolic OH excluding ortho intramolecular Hbond substituents is 1. The summed E-state index contributed by atoms with van der Waals surface area (Å²) in [6.45, 7) is 13.1. The average Bonchev–Trinajstić information content (AvgIpc) is 2.96. The highest BCUT2D eigenvalue weighted by Crippen LogP contribution is 2.47. The van der Waals surface area contributed by atoms with Gasteiger partial charge in [0.05, 0.1) is 29.7 Å². The number of hydrogen-bond acceptors (Lipinski definition) is 7. The number of benzene rings is 2. The summed E-state index contributed by atoms with van der Waals surface area (Å²) in [5, 5.41) is 23.4. The number of aryl methyl sites for hydroxylation is 1. The molecule has 2 atom stereocenters. The quantitative estimate of drug-likeness (QED) is 0.331. The number of β-amino-alcohol motifs (C(OH)–C–C–N with tert-alkyl or cyclic N) is 1. The van der Waals surface area contributed by atoms with Crippen LogP contribution in [0.4, 0.5) is 10.2 Å². The summed E-state index contributed by atoms with van der Waals surface area (Å²) >= 11 is 0. The number of hydrogen-bond donors (Lipinski definition) is 2. The van der Waals surface area contributed by atoms with Crippen molar-refractivity contribution in [1.29, 1.82) is 0 Å². The molecule has 2 heterocycles. The van der Waals surface area contributed by atoms with Gasteiger partial charge in [-0.3, -0.25) is 4.99 Å². The van der Waals surface area contributed by atoms with E-state index in [1.165, 1.54) is 6.07 Å². The number of aromatic nitrogens is 2. The van der Waals surface area contributed by atoms with E-state index in [1.54, 1.807) is 25.3 Å². The number of piperidine rings is 1. The molecule has 222 valence electrons. The van der Waals surface area contributed by atoms with E-state index in [1.807, 2.05) is 33.8 Å². The number of anilines is 1. The summed E-state index contributed by atoms with van der Waals surface area (Å²) in [4.78, 5) is 17.1. The summed E-state index contributed by atoms with van der Waals surface area (Å²) in [5.74, 6) is 0.515. The van der Waals surface area contributed by atoms with Crippen molar-refractivity contribution in [2.24, 2.45) is 4.99 Å². The maximum absolute atomic E-state index is 15.2. The van der Waals surface area contributed by atoms with E-state index in [-0.39, 0.29) is 23.6 Å². The van der Waals surface area contributed by atoms with Crippen molar-refractivity contribution in [2.45, 2.75) is 78.9 Å². The number of nitrogens with zero attached hydrogens (tertiary/aromatic N) is 4. The normalized spacial score (nSPS) is 21.8. The van der Waals surface area contributed by atoms with Gasteiger partial charge in [-0.05, 0) is 99.0 Å². The molecule has 0 bridgehead atoms. The first kappa shape index (κ1) is 29.7. The van der Waals surface area contributed by atoms with Crippen LogP contribution in [0.25, 0.3) is 27.5 Å². The molecular formula is C34H41FN4O3. The van der Waals surface area contributed by atoms with Crippen LogP contribution in [0.5, 0.6) is 11.8 Å².